The van der Waals surface area contributed by atoms with Gasteiger partial charge in [-0.25, -0.2) is 4.79 Å². The van der Waals surface area contributed by atoms with E-state index in [1.807, 2.05) is 6.92 Å². The standard InChI is InChI=1S/C14H17BrO5/c1-3-9-5-10(12(17)7-15)11(16)6-13(9)20-8-14(18)19-4-2/h5-6,16H,3-4,7-8H2,1-2H3. The number of phenolic OH excluding ortho intramolecular Hbond substituents is 1. The molecule has 0 radical (unpaired) electrons. The lowest BCUT2D eigenvalue weighted by Gasteiger charge is -2.12. The Kier molecular flexibility index (Phi) is 6.51. The molecule has 0 bridgehead atoms. The van der Waals surface area contributed by atoms with Gasteiger partial charge in [-0.1, -0.05) is 22.9 Å². The van der Waals surface area contributed by atoms with E-state index >= 15 is 0 Å². The summed E-state index contributed by atoms with van der Waals surface area (Å²) < 4.78 is 10.1. The highest BCUT2D eigenvalue weighted by Gasteiger charge is 2.15. The fraction of sp³-hybridized carbons (Fsp3) is 0.429. The smallest absolute Gasteiger partial charge is 0.344 e. The molecule has 6 heteroatoms. The van der Waals surface area contributed by atoms with E-state index in [0.717, 1.165) is 5.56 Å². The Morgan fingerprint density at radius 3 is 2.55 bits per heavy atom. The molecule has 20 heavy (non-hydrogen) atoms. The van der Waals surface area contributed by atoms with Crippen molar-refractivity contribution in [3.8, 4) is 11.5 Å². The molecule has 0 aliphatic rings. The van der Waals surface area contributed by atoms with Crippen LogP contribution in [0.15, 0.2) is 12.1 Å². The van der Waals surface area contributed by atoms with Crippen LogP contribution >= 0.6 is 15.9 Å². The molecule has 110 valence electrons. The summed E-state index contributed by atoms with van der Waals surface area (Å²) in [6, 6.07) is 2.94. The number of aromatic hydroxyl groups is 1. The number of Topliss-reactive ketones (excluding diaryl/α,β-unsaturated/α-hetero) is 1. The van der Waals surface area contributed by atoms with E-state index in [4.69, 9.17) is 9.47 Å². The number of rotatable bonds is 7. The number of aryl methyl sites for hydroxylation is 1. The molecule has 0 aromatic heterocycles. The number of hydrogen-bond donors (Lipinski definition) is 1. The minimum Gasteiger partial charge on any atom is -0.507 e. The van der Waals surface area contributed by atoms with Crippen molar-refractivity contribution < 1.29 is 24.2 Å². The summed E-state index contributed by atoms with van der Waals surface area (Å²) >= 11 is 3.06. The van der Waals surface area contributed by atoms with Gasteiger partial charge in [-0.05, 0) is 25.0 Å². The Bertz CT molecular complexity index is 499. The molecule has 1 rings (SSSR count). The van der Waals surface area contributed by atoms with Gasteiger partial charge in [-0.2, -0.15) is 0 Å². The summed E-state index contributed by atoms with van der Waals surface area (Å²) in [5.41, 5.74) is 0.985. The van der Waals surface area contributed by atoms with Crippen molar-refractivity contribution >= 4 is 27.7 Å². The van der Waals surface area contributed by atoms with Gasteiger partial charge in [0.25, 0.3) is 0 Å². The number of ether oxygens (including phenoxy) is 2. The van der Waals surface area contributed by atoms with Gasteiger partial charge < -0.3 is 14.6 Å². The zero-order valence-corrected chi connectivity index (χ0v) is 13.0. The van der Waals surface area contributed by atoms with E-state index in [0.29, 0.717) is 12.2 Å². The molecule has 0 saturated carbocycles. The normalized spacial score (nSPS) is 10.2. The topological polar surface area (TPSA) is 72.8 Å². The van der Waals surface area contributed by atoms with Gasteiger partial charge >= 0.3 is 5.97 Å². The summed E-state index contributed by atoms with van der Waals surface area (Å²) in [6.07, 6.45) is 0.612. The molecule has 0 amide bonds. The lowest BCUT2D eigenvalue weighted by molar-refractivity contribution is -0.145. The number of benzene rings is 1. The molecule has 5 nitrogen and oxygen atoms in total. The molecular weight excluding hydrogens is 328 g/mol. The van der Waals surface area contributed by atoms with Crippen molar-refractivity contribution in [2.75, 3.05) is 18.5 Å². The van der Waals surface area contributed by atoms with Crippen LogP contribution in [0.1, 0.15) is 29.8 Å². The summed E-state index contributed by atoms with van der Waals surface area (Å²) in [6.45, 7) is 3.66. The van der Waals surface area contributed by atoms with Crippen LogP contribution in [0.5, 0.6) is 11.5 Å². The van der Waals surface area contributed by atoms with E-state index in [1.165, 1.54) is 6.07 Å². The quantitative estimate of drug-likeness (QED) is 0.467. The van der Waals surface area contributed by atoms with E-state index < -0.39 is 5.97 Å². The van der Waals surface area contributed by atoms with Crippen LogP contribution in [0.3, 0.4) is 0 Å². The second kappa shape index (κ2) is 7.89. The van der Waals surface area contributed by atoms with Crippen molar-refractivity contribution in [2.45, 2.75) is 20.3 Å². The van der Waals surface area contributed by atoms with Gasteiger partial charge in [0.15, 0.2) is 12.4 Å². The molecule has 0 unspecified atom stereocenters. The Morgan fingerprint density at radius 2 is 2.00 bits per heavy atom. The highest BCUT2D eigenvalue weighted by molar-refractivity contribution is 9.09. The summed E-state index contributed by atoms with van der Waals surface area (Å²) in [4.78, 5) is 22.9. The van der Waals surface area contributed by atoms with Crippen LogP contribution in [-0.4, -0.2) is 35.4 Å². The van der Waals surface area contributed by atoms with Gasteiger partial charge in [-0.15, -0.1) is 0 Å². The lowest BCUT2D eigenvalue weighted by Crippen LogP contribution is -2.15. The first-order chi connectivity index (χ1) is 9.53. The number of halogens is 1. The van der Waals surface area contributed by atoms with Crippen LogP contribution < -0.4 is 4.74 Å². The molecule has 0 saturated heterocycles. The van der Waals surface area contributed by atoms with E-state index in [9.17, 15) is 14.7 Å². The summed E-state index contributed by atoms with van der Waals surface area (Å²) in [5.74, 6) is -0.474. The molecule has 1 aromatic carbocycles. The molecule has 0 aliphatic heterocycles. The van der Waals surface area contributed by atoms with Crippen LogP contribution in [0.25, 0.3) is 0 Å². The maximum atomic E-state index is 11.6. The Hall–Kier alpha value is -1.56. The number of alkyl halides is 1. The summed E-state index contributed by atoms with van der Waals surface area (Å²) in [5, 5.41) is 9.98. The second-order valence-corrected chi connectivity index (χ2v) is 4.54. The fourth-order valence-electron chi connectivity index (χ4n) is 1.66. The molecule has 0 fully saturated rings. The van der Waals surface area contributed by atoms with Crippen molar-refractivity contribution in [1.29, 1.82) is 0 Å². The van der Waals surface area contributed by atoms with Crippen LogP contribution in [0, 0.1) is 0 Å². The third-order valence-electron chi connectivity index (χ3n) is 2.63. The Labute approximate surface area is 126 Å². The fourth-order valence-corrected chi connectivity index (χ4v) is 1.96. The van der Waals surface area contributed by atoms with Crippen molar-refractivity contribution in [1.82, 2.24) is 0 Å². The predicted octanol–water partition coefficient (Wildman–Crippen LogP) is 2.47. The number of carbonyl (C=O) groups is 2. The van der Waals surface area contributed by atoms with E-state index in [2.05, 4.69) is 15.9 Å². The minimum atomic E-state index is -0.477. The van der Waals surface area contributed by atoms with Crippen LogP contribution in [0.2, 0.25) is 0 Å². The maximum Gasteiger partial charge on any atom is 0.344 e. The highest BCUT2D eigenvalue weighted by Crippen LogP contribution is 2.29. The molecule has 0 aliphatic carbocycles. The van der Waals surface area contributed by atoms with Crippen LogP contribution in [0.4, 0.5) is 0 Å². The number of carbonyl (C=O) groups excluding carboxylic acids is 2. The SMILES string of the molecule is CCOC(=O)COc1cc(O)c(C(=O)CBr)cc1CC. The lowest BCUT2D eigenvalue weighted by atomic mass is 10.0. The number of ketones is 1. The Balaban J connectivity index is 2.94. The number of esters is 1. The van der Waals surface area contributed by atoms with Gasteiger partial charge in [-0.3, -0.25) is 4.79 Å². The predicted molar refractivity (Wildman–Crippen MR) is 77.7 cm³/mol. The third-order valence-corrected chi connectivity index (χ3v) is 3.14. The van der Waals surface area contributed by atoms with E-state index in [1.54, 1.807) is 13.0 Å². The van der Waals surface area contributed by atoms with Crippen molar-refractivity contribution in [3.63, 3.8) is 0 Å². The maximum absolute atomic E-state index is 11.6. The second-order valence-electron chi connectivity index (χ2n) is 3.98. The molecular formula is C14H17BrO5. The zero-order chi connectivity index (χ0) is 15.1. The number of hydrogen-bond acceptors (Lipinski definition) is 5. The van der Waals surface area contributed by atoms with Gasteiger partial charge in [0.1, 0.15) is 11.5 Å². The minimum absolute atomic E-state index is 0.132. The largest absolute Gasteiger partial charge is 0.507 e. The highest BCUT2D eigenvalue weighted by atomic mass is 79.9. The number of phenols is 1. The molecule has 0 spiro atoms. The zero-order valence-electron chi connectivity index (χ0n) is 11.4. The first-order valence-electron chi connectivity index (χ1n) is 6.26. The average molecular weight is 345 g/mol. The van der Waals surface area contributed by atoms with E-state index in [-0.39, 0.29) is 35.6 Å². The van der Waals surface area contributed by atoms with Gasteiger partial charge in [0, 0.05) is 6.07 Å². The molecule has 1 N–H and O–H groups in total. The van der Waals surface area contributed by atoms with Gasteiger partial charge in [0.05, 0.1) is 17.5 Å². The monoisotopic (exact) mass is 344 g/mol. The van der Waals surface area contributed by atoms with Crippen LogP contribution in [-0.2, 0) is 16.0 Å². The third kappa shape index (κ3) is 4.23. The summed E-state index contributed by atoms with van der Waals surface area (Å²) in [7, 11) is 0. The Morgan fingerprint density at radius 1 is 1.30 bits per heavy atom. The van der Waals surface area contributed by atoms with Gasteiger partial charge in [0.2, 0.25) is 0 Å². The van der Waals surface area contributed by atoms with Crippen molar-refractivity contribution in [3.05, 3.63) is 23.3 Å². The molecule has 1 aromatic rings. The first kappa shape index (κ1) is 16.5. The van der Waals surface area contributed by atoms with Crippen molar-refractivity contribution in [2.24, 2.45) is 0 Å². The average Bonchev–Trinajstić information content (AvgIpc) is 2.44. The first-order valence-corrected chi connectivity index (χ1v) is 7.39. The molecule has 0 atom stereocenters. The molecule has 0 heterocycles.